The molecule has 0 saturated heterocycles. The van der Waals surface area contributed by atoms with Gasteiger partial charge in [-0.15, -0.1) is 0 Å². The molecule has 7 heteroatoms. The third kappa shape index (κ3) is 4.67. The molecule has 2 rings (SSSR count). The van der Waals surface area contributed by atoms with E-state index in [0.717, 1.165) is 5.56 Å². The van der Waals surface area contributed by atoms with Gasteiger partial charge in [0, 0.05) is 28.0 Å². The molecule has 21 heavy (non-hydrogen) atoms. The van der Waals surface area contributed by atoms with Gasteiger partial charge in [0.05, 0.1) is 26.2 Å². The second kappa shape index (κ2) is 7.93. The lowest BCUT2D eigenvalue weighted by Gasteiger charge is -2.19. The van der Waals surface area contributed by atoms with Crippen LogP contribution in [0.4, 0.5) is 0 Å². The highest BCUT2D eigenvalue weighted by Crippen LogP contribution is 2.29. The zero-order valence-electron chi connectivity index (χ0n) is 11.4. The summed E-state index contributed by atoms with van der Waals surface area (Å²) >= 11 is 12.2. The van der Waals surface area contributed by atoms with Crippen molar-refractivity contribution in [2.24, 2.45) is 0 Å². The number of hydroxylamine groups is 1. The van der Waals surface area contributed by atoms with Crippen LogP contribution in [0.3, 0.4) is 0 Å². The average Bonchev–Trinajstić information content (AvgIpc) is 2.95. The van der Waals surface area contributed by atoms with E-state index in [0.29, 0.717) is 16.6 Å². The van der Waals surface area contributed by atoms with Crippen molar-refractivity contribution in [2.75, 3.05) is 7.11 Å². The Morgan fingerprint density at radius 1 is 1.43 bits per heavy atom. The molecule has 0 saturated carbocycles. The van der Waals surface area contributed by atoms with Crippen molar-refractivity contribution in [2.45, 2.75) is 12.6 Å². The highest BCUT2D eigenvalue weighted by molar-refractivity contribution is 6.35. The van der Waals surface area contributed by atoms with Crippen molar-refractivity contribution in [3.63, 3.8) is 0 Å². The number of hydrogen-bond donors (Lipinski definition) is 1. The first kappa shape index (κ1) is 15.7. The molecule has 0 radical (unpaired) electrons. The molecule has 0 aliphatic carbocycles. The Bertz CT molecular complexity index is 588. The summed E-state index contributed by atoms with van der Waals surface area (Å²) in [7, 11) is 1.52. The first-order valence-electron chi connectivity index (χ1n) is 6.20. The summed E-state index contributed by atoms with van der Waals surface area (Å²) < 4.78 is 7.63. The van der Waals surface area contributed by atoms with Crippen molar-refractivity contribution >= 4 is 23.2 Å². The molecule has 1 N–H and O–H groups in total. The average molecular weight is 328 g/mol. The van der Waals surface area contributed by atoms with Gasteiger partial charge in [-0.2, -0.15) is 0 Å². The minimum absolute atomic E-state index is 0.279. The van der Waals surface area contributed by atoms with E-state index in [1.54, 1.807) is 30.9 Å². The van der Waals surface area contributed by atoms with Crippen LogP contribution in [0.1, 0.15) is 11.7 Å². The summed E-state index contributed by atoms with van der Waals surface area (Å²) in [6, 6.07) is 5.33. The van der Waals surface area contributed by atoms with Crippen molar-refractivity contribution in [3.8, 4) is 0 Å². The summed E-state index contributed by atoms with van der Waals surface area (Å²) in [6.45, 7) is 0.568. The lowest BCUT2D eigenvalue weighted by Crippen LogP contribution is -2.11. The largest absolute Gasteiger partial charge is 0.490 e. The van der Waals surface area contributed by atoms with Crippen LogP contribution in [-0.4, -0.2) is 16.7 Å². The van der Waals surface area contributed by atoms with Crippen LogP contribution in [0.5, 0.6) is 0 Å². The zero-order chi connectivity index (χ0) is 15.1. The van der Waals surface area contributed by atoms with Crippen LogP contribution in [0.15, 0.2) is 49.4 Å². The van der Waals surface area contributed by atoms with Crippen LogP contribution in [0, 0.1) is 0 Å². The van der Waals surface area contributed by atoms with E-state index in [2.05, 4.69) is 10.5 Å². The molecule has 112 valence electrons. The normalized spacial score (nSPS) is 12.5. The van der Waals surface area contributed by atoms with Crippen molar-refractivity contribution in [1.82, 2.24) is 15.0 Å². The van der Waals surface area contributed by atoms with Gasteiger partial charge in [0.2, 0.25) is 0 Å². The number of hydrogen-bond acceptors (Lipinski definition) is 4. The lowest BCUT2D eigenvalue weighted by atomic mass is 10.1. The number of benzene rings is 1. The van der Waals surface area contributed by atoms with E-state index in [9.17, 15) is 0 Å². The topological polar surface area (TPSA) is 48.3 Å². The molecule has 0 aliphatic rings. The predicted molar refractivity (Wildman–Crippen MR) is 81.8 cm³/mol. The SMILES string of the molecule is CONC=COC(Cn1ccnc1)c1ccc(Cl)cc1Cl. The standard InChI is InChI=1S/C14H15Cl2N3O2/c1-20-18-5-7-21-14(9-19-6-4-17-10-19)12-3-2-11(15)8-13(12)16/h2-8,10,14,18H,9H2,1H3. The Balaban J connectivity index is 2.17. The van der Waals surface area contributed by atoms with Crippen molar-refractivity contribution < 1.29 is 9.57 Å². The molecule has 5 nitrogen and oxygen atoms in total. The fraction of sp³-hybridized carbons (Fsp3) is 0.214. The van der Waals surface area contributed by atoms with E-state index in [1.165, 1.54) is 13.4 Å². The fourth-order valence-electron chi connectivity index (χ4n) is 1.79. The Labute approximate surface area is 133 Å². The second-order valence-electron chi connectivity index (χ2n) is 4.17. The molecule has 2 aromatic rings. The number of halogens is 2. The molecular formula is C14H15Cl2N3O2. The van der Waals surface area contributed by atoms with Crippen molar-refractivity contribution in [1.29, 1.82) is 0 Å². The molecule has 1 unspecified atom stereocenters. The van der Waals surface area contributed by atoms with Crippen LogP contribution in [-0.2, 0) is 16.1 Å². The predicted octanol–water partition coefficient (Wildman–Crippen LogP) is 3.57. The van der Waals surface area contributed by atoms with Gasteiger partial charge >= 0.3 is 0 Å². The Morgan fingerprint density at radius 2 is 2.29 bits per heavy atom. The third-order valence-corrected chi connectivity index (χ3v) is 3.30. The second-order valence-corrected chi connectivity index (χ2v) is 5.02. The van der Waals surface area contributed by atoms with Gasteiger partial charge < -0.3 is 9.30 Å². The molecule has 0 fully saturated rings. The number of nitrogens with zero attached hydrogens (tertiary/aromatic N) is 2. The highest BCUT2D eigenvalue weighted by atomic mass is 35.5. The Hall–Kier alpha value is -1.69. The van der Waals surface area contributed by atoms with Crippen LogP contribution >= 0.6 is 23.2 Å². The molecule has 1 atom stereocenters. The minimum atomic E-state index is -0.279. The maximum absolute atomic E-state index is 6.25. The number of rotatable bonds is 7. The molecule has 1 aromatic carbocycles. The van der Waals surface area contributed by atoms with E-state index in [-0.39, 0.29) is 6.10 Å². The molecule has 0 amide bonds. The number of nitrogens with one attached hydrogen (secondary N) is 1. The van der Waals surface area contributed by atoms with Gasteiger partial charge in [0.1, 0.15) is 12.4 Å². The van der Waals surface area contributed by atoms with Crippen molar-refractivity contribution in [3.05, 3.63) is 65.0 Å². The van der Waals surface area contributed by atoms with Gasteiger partial charge in [-0.3, -0.25) is 10.3 Å². The summed E-state index contributed by atoms with van der Waals surface area (Å²) in [4.78, 5) is 8.72. The fourth-order valence-corrected chi connectivity index (χ4v) is 2.32. The van der Waals surface area contributed by atoms with E-state index < -0.39 is 0 Å². The van der Waals surface area contributed by atoms with E-state index >= 15 is 0 Å². The molecule has 1 aromatic heterocycles. The van der Waals surface area contributed by atoms with Gasteiger partial charge in [-0.25, -0.2) is 4.98 Å². The van der Waals surface area contributed by atoms with E-state index in [1.807, 2.05) is 16.8 Å². The minimum Gasteiger partial charge on any atom is -0.490 e. The van der Waals surface area contributed by atoms with E-state index in [4.69, 9.17) is 32.8 Å². The summed E-state index contributed by atoms with van der Waals surface area (Å²) in [5, 5.41) is 1.14. The smallest absolute Gasteiger partial charge is 0.142 e. The van der Waals surface area contributed by atoms with Crippen LogP contribution in [0.2, 0.25) is 10.0 Å². The monoisotopic (exact) mass is 327 g/mol. The highest BCUT2D eigenvalue weighted by Gasteiger charge is 2.16. The summed E-state index contributed by atoms with van der Waals surface area (Å²) in [6.07, 6.45) is 8.07. The zero-order valence-corrected chi connectivity index (χ0v) is 12.9. The van der Waals surface area contributed by atoms with Gasteiger partial charge in [0.25, 0.3) is 0 Å². The van der Waals surface area contributed by atoms with Crippen LogP contribution < -0.4 is 5.48 Å². The maximum Gasteiger partial charge on any atom is 0.142 e. The summed E-state index contributed by atoms with van der Waals surface area (Å²) in [5.41, 5.74) is 3.40. The maximum atomic E-state index is 6.25. The molecule has 0 bridgehead atoms. The molecule has 1 heterocycles. The molecule has 0 spiro atoms. The molecule has 0 aliphatic heterocycles. The Morgan fingerprint density at radius 3 is 2.95 bits per heavy atom. The van der Waals surface area contributed by atoms with Gasteiger partial charge in [-0.1, -0.05) is 29.3 Å². The first-order valence-corrected chi connectivity index (χ1v) is 6.96. The number of aromatic nitrogens is 2. The summed E-state index contributed by atoms with van der Waals surface area (Å²) in [5.74, 6) is 0. The number of ether oxygens (including phenoxy) is 1. The number of imidazole rings is 1. The lowest BCUT2D eigenvalue weighted by molar-refractivity contribution is 0.106. The Kier molecular flexibility index (Phi) is 5.92. The third-order valence-electron chi connectivity index (χ3n) is 2.74. The first-order chi connectivity index (χ1) is 10.2. The quantitative estimate of drug-likeness (QED) is 0.623. The van der Waals surface area contributed by atoms with Crippen LogP contribution in [0.25, 0.3) is 0 Å². The van der Waals surface area contributed by atoms with Gasteiger partial charge in [0.15, 0.2) is 0 Å². The van der Waals surface area contributed by atoms with Gasteiger partial charge in [-0.05, 0) is 12.1 Å². The molecular weight excluding hydrogens is 313 g/mol.